The fourth-order valence-electron chi connectivity index (χ4n) is 2.31. The summed E-state index contributed by atoms with van der Waals surface area (Å²) in [4.78, 5) is 11.9. The van der Waals surface area contributed by atoms with E-state index in [2.05, 4.69) is 10.6 Å². The summed E-state index contributed by atoms with van der Waals surface area (Å²) in [5, 5.41) is 5.17. The molecule has 0 saturated carbocycles. The second-order valence-electron chi connectivity index (χ2n) is 5.13. The first-order valence-corrected chi connectivity index (χ1v) is 7.14. The fraction of sp³-hybridized carbons (Fsp3) is 0.533. The summed E-state index contributed by atoms with van der Waals surface area (Å²) >= 11 is 0. The molecule has 7 heteroatoms. The van der Waals surface area contributed by atoms with Gasteiger partial charge in [0.1, 0.15) is 0 Å². The number of hydrogen-bond donors (Lipinski definition) is 2. The highest BCUT2D eigenvalue weighted by Crippen LogP contribution is 2.28. The van der Waals surface area contributed by atoms with E-state index in [9.17, 15) is 13.6 Å². The number of methoxy groups -OCH3 is 1. The van der Waals surface area contributed by atoms with Crippen LogP contribution in [0.2, 0.25) is 0 Å². The van der Waals surface area contributed by atoms with Crippen LogP contribution in [0.1, 0.15) is 18.9 Å². The van der Waals surface area contributed by atoms with Crippen LogP contribution in [-0.4, -0.2) is 38.1 Å². The third-order valence-corrected chi connectivity index (χ3v) is 3.42. The Kier molecular flexibility index (Phi) is 5.18. The second-order valence-corrected chi connectivity index (χ2v) is 5.13. The van der Waals surface area contributed by atoms with Gasteiger partial charge in [-0.3, -0.25) is 10.1 Å². The van der Waals surface area contributed by atoms with E-state index in [0.717, 1.165) is 5.56 Å². The normalized spacial score (nSPS) is 19.7. The van der Waals surface area contributed by atoms with Gasteiger partial charge in [-0.1, -0.05) is 6.07 Å². The maximum Gasteiger partial charge on any atom is 0.262 e. The lowest BCUT2D eigenvalue weighted by Crippen LogP contribution is -2.40. The molecule has 1 amide bonds. The standard InChI is InChI=1S/C15H20F2N2O3/c1-3-22-12-5-4-10(6-13(12)21-2)8-18-14(20)11-7-15(16,17)9-19-11/h4-6,11,19H,3,7-9H2,1-2H3,(H,18,20). The summed E-state index contributed by atoms with van der Waals surface area (Å²) in [6.45, 7) is 2.18. The van der Waals surface area contributed by atoms with Gasteiger partial charge in [0.05, 0.1) is 26.3 Å². The molecule has 2 rings (SSSR count). The SMILES string of the molecule is CCOc1ccc(CNC(=O)C2CC(F)(F)CN2)cc1OC. The van der Waals surface area contributed by atoms with Crippen molar-refractivity contribution in [2.24, 2.45) is 0 Å². The Balaban J connectivity index is 1.92. The molecule has 1 saturated heterocycles. The molecule has 1 aromatic carbocycles. The van der Waals surface area contributed by atoms with E-state index >= 15 is 0 Å². The van der Waals surface area contributed by atoms with Crippen molar-refractivity contribution in [2.75, 3.05) is 20.3 Å². The summed E-state index contributed by atoms with van der Waals surface area (Å²) in [6, 6.07) is 4.46. The predicted molar refractivity (Wildman–Crippen MR) is 77.4 cm³/mol. The van der Waals surface area contributed by atoms with Crippen LogP contribution in [0.25, 0.3) is 0 Å². The van der Waals surface area contributed by atoms with E-state index in [0.29, 0.717) is 18.1 Å². The Morgan fingerprint density at radius 3 is 2.82 bits per heavy atom. The monoisotopic (exact) mass is 314 g/mol. The topological polar surface area (TPSA) is 59.6 Å². The third kappa shape index (κ3) is 4.07. The van der Waals surface area contributed by atoms with Gasteiger partial charge in [0.25, 0.3) is 5.92 Å². The van der Waals surface area contributed by atoms with E-state index in [4.69, 9.17) is 9.47 Å². The van der Waals surface area contributed by atoms with Crippen LogP contribution in [-0.2, 0) is 11.3 Å². The Labute approximate surface area is 128 Å². The van der Waals surface area contributed by atoms with Gasteiger partial charge in [0, 0.05) is 13.0 Å². The molecule has 0 aromatic heterocycles. The third-order valence-electron chi connectivity index (χ3n) is 3.42. The number of rotatable bonds is 6. The minimum atomic E-state index is -2.82. The zero-order valence-corrected chi connectivity index (χ0v) is 12.6. The van der Waals surface area contributed by atoms with E-state index < -0.39 is 30.8 Å². The molecular formula is C15H20F2N2O3. The number of alkyl halides is 2. The summed E-state index contributed by atoms with van der Waals surface area (Å²) in [5.74, 6) is -2.05. The van der Waals surface area contributed by atoms with Crippen molar-refractivity contribution in [1.29, 1.82) is 0 Å². The van der Waals surface area contributed by atoms with Gasteiger partial charge in [0.15, 0.2) is 11.5 Å². The molecule has 1 atom stereocenters. The highest BCUT2D eigenvalue weighted by Gasteiger charge is 2.42. The van der Waals surface area contributed by atoms with Crippen molar-refractivity contribution in [3.8, 4) is 11.5 Å². The zero-order valence-electron chi connectivity index (χ0n) is 12.6. The summed E-state index contributed by atoms with van der Waals surface area (Å²) < 4.78 is 36.8. The molecular weight excluding hydrogens is 294 g/mol. The van der Waals surface area contributed by atoms with Gasteiger partial charge in [-0.2, -0.15) is 0 Å². The highest BCUT2D eigenvalue weighted by atomic mass is 19.3. The van der Waals surface area contributed by atoms with Crippen LogP contribution in [0, 0.1) is 0 Å². The maximum atomic E-state index is 13.1. The van der Waals surface area contributed by atoms with Gasteiger partial charge in [0.2, 0.25) is 5.91 Å². The number of carbonyl (C=O) groups is 1. The first kappa shape index (κ1) is 16.5. The number of ether oxygens (including phenoxy) is 2. The van der Waals surface area contributed by atoms with Crippen molar-refractivity contribution >= 4 is 5.91 Å². The highest BCUT2D eigenvalue weighted by molar-refractivity contribution is 5.82. The fourth-order valence-corrected chi connectivity index (χ4v) is 2.31. The predicted octanol–water partition coefficient (Wildman–Crippen LogP) is 1.71. The molecule has 5 nitrogen and oxygen atoms in total. The van der Waals surface area contributed by atoms with Crippen LogP contribution < -0.4 is 20.1 Å². The average molecular weight is 314 g/mol. The van der Waals surface area contributed by atoms with Crippen molar-refractivity contribution in [2.45, 2.75) is 31.9 Å². The lowest BCUT2D eigenvalue weighted by molar-refractivity contribution is -0.123. The Bertz CT molecular complexity index is 538. The minimum Gasteiger partial charge on any atom is -0.493 e. The molecule has 1 heterocycles. The molecule has 0 aliphatic carbocycles. The summed E-state index contributed by atoms with van der Waals surface area (Å²) in [5.41, 5.74) is 0.804. The molecule has 0 bridgehead atoms. The van der Waals surface area contributed by atoms with E-state index in [-0.39, 0.29) is 6.54 Å². The number of halogens is 2. The minimum absolute atomic E-state index is 0.241. The first-order valence-electron chi connectivity index (χ1n) is 7.14. The van der Waals surface area contributed by atoms with Gasteiger partial charge in [-0.15, -0.1) is 0 Å². The van der Waals surface area contributed by atoms with Crippen LogP contribution in [0.4, 0.5) is 8.78 Å². The second kappa shape index (κ2) is 6.91. The van der Waals surface area contributed by atoms with E-state index in [1.807, 2.05) is 6.92 Å². The van der Waals surface area contributed by atoms with Gasteiger partial charge >= 0.3 is 0 Å². The van der Waals surface area contributed by atoms with Crippen molar-refractivity contribution < 1.29 is 23.0 Å². The Hall–Kier alpha value is -1.89. The van der Waals surface area contributed by atoms with E-state index in [1.54, 1.807) is 18.2 Å². The number of nitrogens with one attached hydrogen (secondary N) is 2. The smallest absolute Gasteiger partial charge is 0.262 e. The first-order chi connectivity index (χ1) is 10.4. The lowest BCUT2D eigenvalue weighted by Gasteiger charge is -2.13. The molecule has 0 radical (unpaired) electrons. The van der Waals surface area contributed by atoms with Crippen LogP contribution in [0.15, 0.2) is 18.2 Å². The largest absolute Gasteiger partial charge is 0.493 e. The molecule has 1 aliphatic rings. The molecule has 122 valence electrons. The van der Waals surface area contributed by atoms with Gasteiger partial charge in [-0.05, 0) is 24.6 Å². The summed E-state index contributed by atoms with van der Waals surface area (Å²) in [6.07, 6.45) is -0.467. The average Bonchev–Trinajstić information content (AvgIpc) is 2.86. The molecule has 2 N–H and O–H groups in total. The molecule has 1 unspecified atom stereocenters. The molecule has 22 heavy (non-hydrogen) atoms. The summed E-state index contributed by atoms with van der Waals surface area (Å²) in [7, 11) is 1.53. The van der Waals surface area contributed by atoms with Gasteiger partial charge in [-0.25, -0.2) is 8.78 Å². The number of benzene rings is 1. The van der Waals surface area contributed by atoms with Crippen LogP contribution in [0.3, 0.4) is 0 Å². The van der Waals surface area contributed by atoms with Gasteiger partial charge < -0.3 is 14.8 Å². The molecule has 1 fully saturated rings. The van der Waals surface area contributed by atoms with Crippen molar-refractivity contribution in [3.63, 3.8) is 0 Å². The van der Waals surface area contributed by atoms with Crippen molar-refractivity contribution in [3.05, 3.63) is 23.8 Å². The number of carbonyl (C=O) groups excluding carboxylic acids is 1. The lowest BCUT2D eigenvalue weighted by atomic mass is 10.1. The van der Waals surface area contributed by atoms with E-state index in [1.165, 1.54) is 7.11 Å². The maximum absolute atomic E-state index is 13.1. The Morgan fingerprint density at radius 2 is 2.23 bits per heavy atom. The molecule has 1 aromatic rings. The quantitative estimate of drug-likeness (QED) is 0.839. The molecule has 0 spiro atoms. The van der Waals surface area contributed by atoms with Crippen LogP contribution in [0.5, 0.6) is 11.5 Å². The Morgan fingerprint density at radius 1 is 1.45 bits per heavy atom. The zero-order chi connectivity index (χ0) is 16.2. The number of hydrogen-bond acceptors (Lipinski definition) is 4. The molecule has 1 aliphatic heterocycles. The van der Waals surface area contributed by atoms with Crippen LogP contribution >= 0.6 is 0 Å². The van der Waals surface area contributed by atoms with Crippen molar-refractivity contribution in [1.82, 2.24) is 10.6 Å². The number of amides is 1.